The highest BCUT2D eigenvalue weighted by Gasteiger charge is 2.11. The Bertz CT molecular complexity index is 428. The van der Waals surface area contributed by atoms with Crippen LogP contribution in [0, 0.1) is 0 Å². The quantitative estimate of drug-likeness (QED) is 0.831. The third-order valence-electron chi connectivity index (χ3n) is 2.93. The largest absolute Gasteiger partial charge is 0.310 e. The maximum absolute atomic E-state index is 4.11. The molecule has 0 saturated carbocycles. The van der Waals surface area contributed by atoms with E-state index in [4.69, 9.17) is 0 Å². The molecule has 2 aromatic heterocycles. The van der Waals surface area contributed by atoms with Crippen molar-refractivity contribution in [2.45, 2.75) is 32.2 Å². The van der Waals surface area contributed by atoms with Gasteiger partial charge in [-0.3, -0.25) is 0 Å². The van der Waals surface area contributed by atoms with E-state index in [1.165, 1.54) is 11.1 Å². The van der Waals surface area contributed by atoms with Crippen LogP contribution in [-0.2, 0) is 6.42 Å². The lowest BCUT2D eigenvalue weighted by molar-refractivity contribution is 0.497. The van der Waals surface area contributed by atoms with Crippen LogP contribution in [0.15, 0.2) is 35.5 Å². The monoisotopic (exact) mass is 261 g/mol. The van der Waals surface area contributed by atoms with E-state index in [9.17, 15) is 0 Å². The number of aromatic nitrogens is 2. The molecule has 0 fully saturated rings. The minimum atomic E-state index is 0.353. The van der Waals surface area contributed by atoms with E-state index in [1.807, 2.05) is 12.4 Å². The molecule has 0 radical (unpaired) electrons. The Morgan fingerprint density at radius 1 is 1.33 bits per heavy atom. The summed E-state index contributed by atoms with van der Waals surface area (Å²) in [6, 6.07) is 2.55. The number of aryl methyl sites for hydroxylation is 1. The summed E-state index contributed by atoms with van der Waals surface area (Å²) in [5, 5.41) is 7.93. The summed E-state index contributed by atoms with van der Waals surface area (Å²) in [5.41, 5.74) is 2.60. The zero-order valence-corrected chi connectivity index (χ0v) is 11.5. The molecule has 0 bridgehead atoms. The maximum atomic E-state index is 4.11. The molecule has 96 valence electrons. The second-order valence-electron chi connectivity index (χ2n) is 4.35. The smallest absolute Gasteiger partial charge is 0.115 e. The van der Waals surface area contributed by atoms with Gasteiger partial charge in [-0.15, -0.1) is 0 Å². The van der Waals surface area contributed by atoms with Gasteiger partial charge >= 0.3 is 0 Å². The van der Waals surface area contributed by atoms with Gasteiger partial charge in [-0.1, -0.05) is 6.92 Å². The predicted octanol–water partition coefficient (Wildman–Crippen LogP) is 3.21. The zero-order chi connectivity index (χ0) is 12.6. The van der Waals surface area contributed by atoms with E-state index in [0.717, 1.165) is 25.8 Å². The van der Waals surface area contributed by atoms with Crippen LogP contribution in [0.4, 0.5) is 0 Å². The van der Waals surface area contributed by atoms with Crippen LogP contribution in [0.25, 0.3) is 0 Å². The van der Waals surface area contributed by atoms with Crippen LogP contribution in [0.5, 0.6) is 0 Å². The Labute approximate surface area is 112 Å². The molecular weight excluding hydrogens is 242 g/mol. The van der Waals surface area contributed by atoms with Crippen LogP contribution < -0.4 is 5.32 Å². The molecule has 1 unspecified atom stereocenters. The SMILES string of the molecule is CCCNC(CCc1ccsc1)c1cncnc1. The van der Waals surface area contributed by atoms with E-state index in [1.54, 1.807) is 17.7 Å². The minimum absolute atomic E-state index is 0.353. The van der Waals surface area contributed by atoms with Gasteiger partial charge < -0.3 is 5.32 Å². The fraction of sp³-hybridized carbons (Fsp3) is 0.429. The molecule has 2 heterocycles. The molecule has 4 heteroatoms. The van der Waals surface area contributed by atoms with Crippen LogP contribution in [0.1, 0.15) is 36.9 Å². The molecule has 2 aromatic rings. The summed E-state index contributed by atoms with van der Waals surface area (Å²) < 4.78 is 0. The molecule has 1 N–H and O–H groups in total. The molecule has 3 nitrogen and oxygen atoms in total. The fourth-order valence-electron chi connectivity index (χ4n) is 1.94. The van der Waals surface area contributed by atoms with Crippen LogP contribution in [-0.4, -0.2) is 16.5 Å². The highest BCUT2D eigenvalue weighted by molar-refractivity contribution is 7.07. The van der Waals surface area contributed by atoms with Gasteiger partial charge in [-0.05, 0) is 48.2 Å². The second-order valence-corrected chi connectivity index (χ2v) is 5.13. The van der Waals surface area contributed by atoms with Gasteiger partial charge in [0.1, 0.15) is 6.33 Å². The first kappa shape index (κ1) is 13.2. The van der Waals surface area contributed by atoms with Crippen molar-refractivity contribution >= 4 is 11.3 Å². The van der Waals surface area contributed by atoms with Crippen LogP contribution in [0.2, 0.25) is 0 Å². The lowest BCUT2D eigenvalue weighted by Gasteiger charge is -2.17. The van der Waals surface area contributed by atoms with E-state index in [0.29, 0.717) is 6.04 Å². The lowest BCUT2D eigenvalue weighted by Crippen LogP contribution is -2.23. The average molecular weight is 261 g/mol. The predicted molar refractivity (Wildman–Crippen MR) is 75.7 cm³/mol. The van der Waals surface area contributed by atoms with Gasteiger partial charge in [0.2, 0.25) is 0 Å². The van der Waals surface area contributed by atoms with Gasteiger partial charge in [0.15, 0.2) is 0 Å². The molecule has 0 aliphatic rings. The van der Waals surface area contributed by atoms with Crippen molar-refractivity contribution in [2.24, 2.45) is 0 Å². The maximum Gasteiger partial charge on any atom is 0.115 e. The van der Waals surface area contributed by atoms with Crippen molar-refractivity contribution in [3.8, 4) is 0 Å². The second kappa shape index (κ2) is 7.24. The highest BCUT2D eigenvalue weighted by atomic mass is 32.1. The van der Waals surface area contributed by atoms with Crippen LogP contribution >= 0.6 is 11.3 Å². The molecule has 0 aromatic carbocycles. The molecule has 2 rings (SSSR count). The van der Waals surface area contributed by atoms with Gasteiger partial charge in [0, 0.05) is 24.0 Å². The minimum Gasteiger partial charge on any atom is -0.310 e. The molecular formula is C14H19N3S. The summed E-state index contributed by atoms with van der Waals surface area (Å²) in [6.45, 7) is 3.22. The van der Waals surface area contributed by atoms with Crippen molar-refractivity contribution < 1.29 is 0 Å². The van der Waals surface area contributed by atoms with E-state index >= 15 is 0 Å². The number of nitrogens with one attached hydrogen (secondary N) is 1. The summed E-state index contributed by atoms with van der Waals surface area (Å²) in [6.07, 6.45) is 8.73. The number of thiophene rings is 1. The lowest BCUT2D eigenvalue weighted by atomic mass is 10.0. The number of rotatable bonds is 7. The number of hydrogen-bond donors (Lipinski definition) is 1. The standard InChI is InChI=1S/C14H19N3S/c1-2-6-17-14(13-8-15-11-16-9-13)4-3-12-5-7-18-10-12/h5,7-11,14,17H,2-4,6H2,1H3. The van der Waals surface area contributed by atoms with Gasteiger partial charge in [0.25, 0.3) is 0 Å². The molecule has 1 atom stereocenters. The Morgan fingerprint density at radius 3 is 2.83 bits per heavy atom. The van der Waals surface area contributed by atoms with Crippen molar-refractivity contribution in [3.63, 3.8) is 0 Å². The number of nitrogens with zero attached hydrogens (tertiary/aromatic N) is 2. The normalized spacial score (nSPS) is 12.5. The summed E-state index contributed by atoms with van der Waals surface area (Å²) >= 11 is 1.76. The molecule has 18 heavy (non-hydrogen) atoms. The Balaban J connectivity index is 1.96. The van der Waals surface area contributed by atoms with Gasteiger partial charge in [-0.25, -0.2) is 9.97 Å². The van der Waals surface area contributed by atoms with Gasteiger partial charge in [0.05, 0.1) is 0 Å². The summed E-state index contributed by atoms with van der Waals surface area (Å²) in [4.78, 5) is 8.22. The van der Waals surface area contributed by atoms with Crippen molar-refractivity contribution in [3.05, 3.63) is 46.7 Å². The van der Waals surface area contributed by atoms with Crippen molar-refractivity contribution in [1.82, 2.24) is 15.3 Å². The average Bonchev–Trinajstić information content (AvgIpc) is 2.93. The van der Waals surface area contributed by atoms with E-state index in [2.05, 4.69) is 39.0 Å². The molecule has 0 aliphatic carbocycles. The summed E-state index contributed by atoms with van der Waals surface area (Å²) in [5.74, 6) is 0. The van der Waals surface area contributed by atoms with Crippen molar-refractivity contribution in [2.75, 3.05) is 6.54 Å². The first-order valence-corrected chi connectivity index (χ1v) is 7.33. The van der Waals surface area contributed by atoms with E-state index in [-0.39, 0.29) is 0 Å². The fourth-order valence-corrected chi connectivity index (χ4v) is 2.64. The molecule has 0 amide bonds. The molecule has 0 spiro atoms. The Morgan fingerprint density at radius 2 is 2.17 bits per heavy atom. The van der Waals surface area contributed by atoms with Crippen LogP contribution in [0.3, 0.4) is 0 Å². The number of hydrogen-bond acceptors (Lipinski definition) is 4. The van der Waals surface area contributed by atoms with E-state index < -0.39 is 0 Å². The Kier molecular flexibility index (Phi) is 5.30. The third kappa shape index (κ3) is 3.89. The first-order valence-electron chi connectivity index (χ1n) is 6.39. The topological polar surface area (TPSA) is 37.8 Å². The van der Waals surface area contributed by atoms with Crippen molar-refractivity contribution in [1.29, 1.82) is 0 Å². The Hall–Kier alpha value is -1.26. The molecule has 0 aliphatic heterocycles. The zero-order valence-electron chi connectivity index (χ0n) is 10.7. The van der Waals surface area contributed by atoms with Gasteiger partial charge in [-0.2, -0.15) is 11.3 Å². The highest BCUT2D eigenvalue weighted by Crippen LogP contribution is 2.19. The summed E-state index contributed by atoms with van der Waals surface area (Å²) in [7, 11) is 0. The first-order chi connectivity index (χ1) is 8.90. The third-order valence-corrected chi connectivity index (χ3v) is 3.66. The molecule has 0 saturated heterocycles.